The molecular formula is C31H47NO4Si2. The van der Waals surface area contributed by atoms with Gasteiger partial charge in [0.1, 0.15) is 11.5 Å². The molecule has 0 aliphatic carbocycles. The monoisotopic (exact) mass is 553 g/mol. The summed E-state index contributed by atoms with van der Waals surface area (Å²) in [6.07, 6.45) is 4.16. The fourth-order valence-corrected chi connectivity index (χ4v) is 5.57. The van der Waals surface area contributed by atoms with Gasteiger partial charge >= 0.3 is 0 Å². The first-order valence-electron chi connectivity index (χ1n) is 13.7. The summed E-state index contributed by atoms with van der Waals surface area (Å²) in [5.74, 6) is 1.73. The van der Waals surface area contributed by atoms with Crippen molar-refractivity contribution in [1.29, 1.82) is 0 Å². The molecule has 0 aromatic heterocycles. The molecule has 1 aliphatic heterocycles. The Bertz CT molecular complexity index is 1140. The third-order valence-electron chi connectivity index (χ3n) is 8.23. The minimum Gasteiger partial charge on any atom is -0.541 e. The van der Waals surface area contributed by atoms with Crippen molar-refractivity contribution < 1.29 is 18.4 Å². The second kappa shape index (κ2) is 11.4. The normalized spacial score (nSPS) is 15.6. The average Bonchev–Trinajstić information content (AvgIpc) is 2.83. The minimum absolute atomic E-state index is 0.0635. The summed E-state index contributed by atoms with van der Waals surface area (Å²) >= 11 is 0. The van der Waals surface area contributed by atoms with E-state index in [1.54, 1.807) is 0 Å². The molecule has 2 aromatic rings. The highest BCUT2D eigenvalue weighted by Crippen LogP contribution is 2.43. The number of amides is 1. The molecule has 0 atom stereocenters. The number of nitrogens with zero attached hydrogens (tertiary/aromatic N) is 1. The Kier molecular flexibility index (Phi) is 9.06. The highest BCUT2D eigenvalue weighted by atomic mass is 28.4. The molecule has 0 unspecified atom stereocenters. The van der Waals surface area contributed by atoms with E-state index in [2.05, 4.69) is 98.1 Å². The van der Waals surface area contributed by atoms with Crippen molar-refractivity contribution in [2.24, 2.45) is 0 Å². The Morgan fingerprint density at radius 2 is 1.24 bits per heavy atom. The number of carbonyl (C=O) groups is 1. The van der Waals surface area contributed by atoms with Crippen molar-refractivity contribution in [3.8, 4) is 11.5 Å². The van der Waals surface area contributed by atoms with Gasteiger partial charge in [0.15, 0.2) is 0 Å². The van der Waals surface area contributed by atoms with E-state index in [4.69, 9.17) is 13.6 Å². The Labute approximate surface area is 232 Å². The number of ether oxygens (including phenoxy) is 1. The van der Waals surface area contributed by atoms with E-state index in [0.29, 0.717) is 31.9 Å². The quantitative estimate of drug-likeness (QED) is 0.257. The standard InChI is InChI=1S/C31H47NO4Si2/c1-30(2,3)37(7,8)35-27-18-15-25(23-28(27)36-38(9,10)31(4,5)6)12-11-24-13-16-26(17-14-24)29(33)32-19-21-34-22-20-32/h11-18,23H,19-22H2,1-10H3/b12-11+. The molecule has 3 rings (SSSR count). The predicted octanol–water partition coefficient (Wildman–Crippen LogP) is 8.10. The van der Waals surface area contributed by atoms with Gasteiger partial charge in [0, 0.05) is 18.7 Å². The molecule has 1 fully saturated rings. The van der Waals surface area contributed by atoms with Crippen LogP contribution >= 0.6 is 0 Å². The first-order chi connectivity index (χ1) is 17.5. The van der Waals surface area contributed by atoms with Gasteiger partial charge in [-0.1, -0.05) is 71.9 Å². The summed E-state index contributed by atoms with van der Waals surface area (Å²) in [5, 5.41) is 0.169. The van der Waals surface area contributed by atoms with Crippen LogP contribution in [-0.4, -0.2) is 53.7 Å². The van der Waals surface area contributed by atoms with Crippen LogP contribution in [0.3, 0.4) is 0 Å². The lowest BCUT2D eigenvalue weighted by Gasteiger charge is -2.39. The number of hydrogen-bond acceptors (Lipinski definition) is 4. The summed E-state index contributed by atoms with van der Waals surface area (Å²) in [4.78, 5) is 14.6. The van der Waals surface area contributed by atoms with Crippen LogP contribution in [0, 0.1) is 0 Å². The molecular weight excluding hydrogens is 507 g/mol. The zero-order chi connectivity index (χ0) is 28.4. The van der Waals surface area contributed by atoms with Crippen molar-refractivity contribution in [2.75, 3.05) is 26.3 Å². The lowest BCUT2D eigenvalue weighted by atomic mass is 10.1. The number of morpholine rings is 1. The highest BCUT2D eigenvalue weighted by Gasteiger charge is 2.42. The summed E-state index contributed by atoms with van der Waals surface area (Å²) in [5.41, 5.74) is 2.80. The van der Waals surface area contributed by atoms with Gasteiger partial charge in [-0.2, -0.15) is 0 Å². The van der Waals surface area contributed by atoms with Gasteiger partial charge in [-0.3, -0.25) is 4.79 Å². The number of benzene rings is 2. The second-order valence-electron chi connectivity index (χ2n) is 13.3. The van der Waals surface area contributed by atoms with E-state index in [0.717, 1.165) is 22.6 Å². The zero-order valence-corrected chi connectivity index (χ0v) is 27.1. The maximum absolute atomic E-state index is 12.7. The number of carbonyl (C=O) groups excluding carboxylic acids is 1. The second-order valence-corrected chi connectivity index (χ2v) is 22.7. The maximum Gasteiger partial charge on any atom is 0.254 e. The predicted molar refractivity (Wildman–Crippen MR) is 164 cm³/mol. The Morgan fingerprint density at radius 3 is 1.76 bits per heavy atom. The van der Waals surface area contributed by atoms with Crippen LogP contribution in [0.1, 0.15) is 63.0 Å². The molecule has 0 radical (unpaired) electrons. The lowest BCUT2D eigenvalue weighted by Crippen LogP contribution is -2.45. The van der Waals surface area contributed by atoms with Crippen molar-refractivity contribution in [2.45, 2.75) is 77.8 Å². The van der Waals surface area contributed by atoms with Gasteiger partial charge in [-0.25, -0.2) is 0 Å². The third-order valence-corrected chi connectivity index (χ3v) is 16.9. The maximum atomic E-state index is 12.7. The van der Waals surface area contributed by atoms with Crippen LogP contribution < -0.4 is 8.85 Å². The van der Waals surface area contributed by atoms with Crippen LogP contribution in [0.25, 0.3) is 12.2 Å². The largest absolute Gasteiger partial charge is 0.541 e. The van der Waals surface area contributed by atoms with E-state index >= 15 is 0 Å². The smallest absolute Gasteiger partial charge is 0.254 e. The molecule has 0 bridgehead atoms. The van der Waals surface area contributed by atoms with E-state index in [-0.39, 0.29) is 16.0 Å². The van der Waals surface area contributed by atoms with Crippen molar-refractivity contribution in [3.05, 3.63) is 59.2 Å². The Balaban J connectivity index is 1.85. The highest BCUT2D eigenvalue weighted by molar-refractivity contribution is 6.75. The molecule has 1 aliphatic rings. The molecule has 5 nitrogen and oxygen atoms in total. The van der Waals surface area contributed by atoms with E-state index < -0.39 is 16.6 Å². The van der Waals surface area contributed by atoms with Crippen LogP contribution in [0.15, 0.2) is 42.5 Å². The SMILES string of the molecule is CC(C)(C)[Si](C)(C)Oc1ccc(/C=C/c2ccc(C(=O)N3CCOCC3)cc2)cc1O[Si](C)(C)C(C)(C)C. The van der Waals surface area contributed by atoms with Gasteiger partial charge in [0.25, 0.3) is 22.5 Å². The van der Waals surface area contributed by atoms with E-state index in [9.17, 15) is 4.79 Å². The Morgan fingerprint density at radius 1 is 0.763 bits per heavy atom. The van der Waals surface area contributed by atoms with Gasteiger partial charge in [0.05, 0.1) is 13.2 Å². The molecule has 1 heterocycles. The number of hydrogen-bond donors (Lipinski definition) is 0. The third kappa shape index (κ3) is 7.39. The molecule has 1 saturated heterocycles. The van der Waals surface area contributed by atoms with Crippen molar-refractivity contribution in [3.63, 3.8) is 0 Å². The van der Waals surface area contributed by atoms with Gasteiger partial charge in [0.2, 0.25) is 0 Å². The van der Waals surface area contributed by atoms with Crippen LogP contribution in [0.5, 0.6) is 11.5 Å². The minimum atomic E-state index is -2.07. The first-order valence-corrected chi connectivity index (χ1v) is 19.5. The van der Waals surface area contributed by atoms with Crippen molar-refractivity contribution >= 4 is 34.7 Å². The summed E-state index contributed by atoms with van der Waals surface area (Å²) in [6, 6.07) is 14.0. The lowest BCUT2D eigenvalue weighted by molar-refractivity contribution is 0.0303. The Hall–Kier alpha value is -2.36. The molecule has 0 N–H and O–H groups in total. The molecule has 208 valence electrons. The summed E-state index contributed by atoms with van der Waals surface area (Å²) < 4.78 is 18.9. The molecule has 0 spiro atoms. The van der Waals surface area contributed by atoms with Gasteiger partial charge in [-0.05, 0) is 71.7 Å². The van der Waals surface area contributed by atoms with Gasteiger partial charge in [-0.15, -0.1) is 0 Å². The molecule has 0 saturated carbocycles. The molecule has 2 aromatic carbocycles. The summed E-state index contributed by atoms with van der Waals surface area (Å²) in [7, 11) is -4.11. The van der Waals surface area contributed by atoms with E-state index in [1.165, 1.54) is 0 Å². The molecule has 7 heteroatoms. The fraction of sp³-hybridized carbons (Fsp3) is 0.516. The topological polar surface area (TPSA) is 48.0 Å². The summed E-state index contributed by atoms with van der Waals surface area (Å²) in [6.45, 7) is 25.1. The average molecular weight is 554 g/mol. The van der Waals surface area contributed by atoms with Gasteiger partial charge < -0.3 is 18.5 Å². The fourth-order valence-electron chi connectivity index (χ4n) is 3.53. The molecule has 1 amide bonds. The van der Waals surface area contributed by atoms with E-state index in [1.807, 2.05) is 29.2 Å². The van der Waals surface area contributed by atoms with Crippen LogP contribution in [0.2, 0.25) is 36.3 Å². The van der Waals surface area contributed by atoms with Crippen LogP contribution in [-0.2, 0) is 4.74 Å². The van der Waals surface area contributed by atoms with Crippen molar-refractivity contribution in [1.82, 2.24) is 4.90 Å². The van der Waals surface area contributed by atoms with Crippen LogP contribution in [0.4, 0.5) is 0 Å². The number of rotatable bonds is 7. The zero-order valence-electron chi connectivity index (χ0n) is 25.1. The molecule has 38 heavy (non-hydrogen) atoms. The first kappa shape index (κ1) is 30.2.